The quantitative estimate of drug-likeness (QED) is 0.106. The summed E-state index contributed by atoms with van der Waals surface area (Å²) in [5.74, 6) is -3.03. The van der Waals surface area contributed by atoms with Gasteiger partial charge in [-0.2, -0.15) is 0 Å². The van der Waals surface area contributed by atoms with Crippen LogP contribution in [0.5, 0.6) is 5.75 Å². The highest BCUT2D eigenvalue weighted by Gasteiger charge is 2.27. The Labute approximate surface area is 263 Å². The first-order valence-corrected chi connectivity index (χ1v) is 14.8. The molecule has 0 spiro atoms. The topological polar surface area (TPSA) is 212 Å². The molecule has 0 fully saturated rings. The Balaban J connectivity index is 1.92. The molecule has 0 aliphatic rings. The Bertz CT molecular complexity index is 1320. The molecule has 0 aliphatic carbocycles. The van der Waals surface area contributed by atoms with E-state index in [1.165, 1.54) is 6.92 Å². The van der Waals surface area contributed by atoms with E-state index in [4.69, 9.17) is 16.2 Å². The number of ether oxygens (including phenoxy) is 1. The molecule has 0 unspecified atom stereocenters. The maximum absolute atomic E-state index is 13.1. The molecule has 2 rings (SSSR count). The Morgan fingerprint density at radius 2 is 1.38 bits per heavy atom. The number of carbonyl (C=O) groups excluding carboxylic acids is 6. The highest BCUT2D eigenvalue weighted by molar-refractivity contribution is 5.94. The predicted molar refractivity (Wildman–Crippen MR) is 167 cm³/mol. The second-order valence-corrected chi connectivity index (χ2v) is 11.1. The number of carbonyl (C=O) groups is 6. The highest BCUT2D eigenvalue weighted by atomic mass is 16.5. The van der Waals surface area contributed by atoms with E-state index in [1.807, 2.05) is 19.9 Å². The predicted octanol–water partition coefficient (Wildman–Crippen LogP) is 0.236. The van der Waals surface area contributed by atoms with Gasteiger partial charge >= 0.3 is 5.97 Å². The molecule has 0 heterocycles. The number of nitrogens with one attached hydrogen (secondary N) is 4. The van der Waals surface area contributed by atoms with E-state index >= 15 is 0 Å². The largest absolute Gasteiger partial charge is 0.427 e. The van der Waals surface area contributed by atoms with Crippen molar-refractivity contribution in [1.82, 2.24) is 21.3 Å². The minimum atomic E-state index is -1.05. The molecule has 5 amide bonds. The van der Waals surface area contributed by atoms with E-state index in [9.17, 15) is 28.8 Å². The minimum absolute atomic E-state index is 0.0854. The van der Waals surface area contributed by atoms with Crippen molar-refractivity contribution >= 4 is 35.5 Å². The highest BCUT2D eigenvalue weighted by Crippen LogP contribution is 2.14. The first-order chi connectivity index (χ1) is 21.3. The van der Waals surface area contributed by atoms with Crippen LogP contribution in [0.1, 0.15) is 51.7 Å². The summed E-state index contributed by atoms with van der Waals surface area (Å²) in [4.78, 5) is 74.4. The average Bonchev–Trinajstić information content (AvgIpc) is 3.00. The summed E-state index contributed by atoms with van der Waals surface area (Å²) < 4.78 is 5.13. The van der Waals surface area contributed by atoms with Crippen molar-refractivity contribution in [2.45, 2.75) is 77.5 Å². The van der Waals surface area contributed by atoms with Crippen molar-refractivity contribution in [2.24, 2.45) is 17.4 Å². The normalized spacial score (nSPS) is 13.5. The lowest BCUT2D eigenvalue weighted by Gasteiger charge is -2.23. The average molecular weight is 625 g/mol. The summed E-state index contributed by atoms with van der Waals surface area (Å²) in [6.45, 7) is 6.44. The van der Waals surface area contributed by atoms with Crippen molar-refractivity contribution in [3.8, 4) is 5.75 Å². The molecule has 2 aromatic rings. The molecular formula is C32H44N6O7. The van der Waals surface area contributed by atoms with E-state index in [0.29, 0.717) is 12.2 Å². The third-order valence-electron chi connectivity index (χ3n) is 6.71. The summed E-state index contributed by atoms with van der Waals surface area (Å²) in [6.07, 6.45) is 0.880. The number of hydrogen-bond donors (Lipinski definition) is 6. The number of rotatable bonds is 17. The zero-order valence-corrected chi connectivity index (χ0v) is 26.1. The van der Waals surface area contributed by atoms with Crippen molar-refractivity contribution in [1.29, 1.82) is 0 Å². The van der Waals surface area contributed by atoms with Crippen LogP contribution in [0.25, 0.3) is 0 Å². The van der Waals surface area contributed by atoms with Crippen molar-refractivity contribution in [3.05, 3.63) is 65.7 Å². The van der Waals surface area contributed by atoms with Gasteiger partial charge in [0.2, 0.25) is 29.5 Å². The summed E-state index contributed by atoms with van der Waals surface area (Å²) in [5, 5.41) is 10.2. The molecule has 13 heteroatoms. The molecule has 8 N–H and O–H groups in total. The second kappa shape index (κ2) is 18.1. The maximum atomic E-state index is 13.1. The molecule has 2 aromatic carbocycles. The third kappa shape index (κ3) is 13.2. The van der Waals surface area contributed by atoms with Crippen LogP contribution in [0.4, 0.5) is 0 Å². The molecule has 0 bridgehead atoms. The van der Waals surface area contributed by atoms with Gasteiger partial charge in [0.05, 0.1) is 12.6 Å². The van der Waals surface area contributed by atoms with Crippen LogP contribution in [-0.4, -0.2) is 66.2 Å². The molecule has 0 aromatic heterocycles. The Morgan fingerprint density at radius 1 is 0.756 bits per heavy atom. The molecule has 13 nitrogen and oxygen atoms in total. The lowest BCUT2D eigenvalue weighted by atomic mass is 10.0. The Hall–Kier alpha value is -4.78. The fourth-order valence-electron chi connectivity index (χ4n) is 4.24. The monoisotopic (exact) mass is 624 g/mol. The van der Waals surface area contributed by atoms with Gasteiger partial charge in [-0.3, -0.25) is 28.8 Å². The summed E-state index contributed by atoms with van der Waals surface area (Å²) >= 11 is 0. The van der Waals surface area contributed by atoms with E-state index in [2.05, 4.69) is 21.3 Å². The van der Waals surface area contributed by atoms with Gasteiger partial charge in [0.15, 0.2) is 0 Å². The van der Waals surface area contributed by atoms with Crippen LogP contribution in [0, 0.1) is 5.92 Å². The maximum Gasteiger partial charge on any atom is 0.310 e. The SMILES string of the molecule is CCC(=O)Oc1ccc(C[C@H](N)C(=O)N[C@H](C)C(=O)NCC(=O)N[C@@H](Cc2ccccc2)C(=O)N[C@@H](CC(C)C)C(N)=O)cc1. The molecule has 0 aliphatic heterocycles. The molecule has 0 saturated heterocycles. The molecule has 45 heavy (non-hydrogen) atoms. The number of esters is 1. The summed E-state index contributed by atoms with van der Waals surface area (Å²) in [5.41, 5.74) is 13.0. The van der Waals surface area contributed by atoms with Crippen LogP contribution in [0.3, 0.4) is 0 Å². The third-order valence-corrected chi connectivity index (χ3v) is 6.71. The van der Waals surface area contributed by atoms with Gasteiger partial charge in [-0.15, -0.1) is 0 Å². The lowest BCUT2D eigenvalue weighted by molar-refractivity contribution is -0.134. The van der Waals surface area contributed by atoms with Gasteiger partial charge in [-0.05, 0) is 48.9 Å². The molecule has 4 atom stereocenters. The van der Waals surface area contributed by atoms with Crippen LogP contribution < -0.4 is 37.5 Å². The van der Waals surface area contributed by atoms with Crippen molar-refractivity contribution in [3.63, 3.8) is 0 Å². The standard InChI is InChI=1S/C32H44N6O7/c1-5-28(40)45-23-13-11-22(12-14-23)16-24(33)31(43)36-20(4)30(42)35-18-27(39)37-26(17-21-9-7-6-8-10-21)32(44)38-25(29(34)41)15-19(2)3/h6-14,19-20,24-26H,5,15-18,33H2,1-4H3,(H2,34,41)(H,35,42)(H,36,43)(H,37,39)(H,38,44)/t20-,24+,25+,26+/m1/s1. The molecule has 0 radical (unpaired) electrons. The van der Waals surface area contributed by atoms with E-state index in [-0.39, 0.29) is 31.1 Å². The van der Waals surface area contributed by atoms with Gasteiger partial charge in [-0.25, -0.2) is 0 Å². The fourth-order valence-corrected chi connectivity index (χ4v) is 4.24. The lowest BCUT2D eigenvalue weighted by Crippen LogP contribution is -2.56. The van der Waals surface area contributed by atoms with Crippen LogP contribution in [-0.2, 0) is 41.6 Å². The van der Waals surface area contributed by atoms with E-state index in [0.717, 1.165) is 11.1 Å². The van der Waals surface area contributed by atoms with Crippen LogP contribution in [0.2, 0.25) is 0 Å². The summed E-state index contributed by atoms with van der Waals surface area (Å²) in [7, 11) is 0. The van der Waals surface area contributed by atoms with Crippen molar-refractivity contribution < 1.29 is 33.5 Å². The summed E-state index contributed by atoms with van der Waals surface area (Å²) in [6, 6.07) is 11.6. The van der Waals surface area contributed by atoms with Crippen LogP contribution in [0.15, 0.2) is 54.6 Å². The number of primary amides is 1. The second-order valence-electron chi connectivity index (χ2n) is 11.1. The van der Waals surface area contributed by atoms with Gasteiger partial charge in [0.25, 0.3) is 0 Å². The first-order valence-electron chi connectivity index (χ1n) is 14.8. The fraction of sp³-hybridized carbons (Fsp3) is 0.438. The number of nitrogens with two attached hydrogens (primary N) is 2. The minimum Gasteiger partial charge on any atom is -0.427 e. The van der Waals surface area contributed by atoms with Gasteiger partial charge in [0, 0.05) is 12.8 Å². The molecule has 244 valence electrons. The first kappa shape index (κ1) is 36.4. The van der Waals surface area contributed by atoms with Gasteiger partial charge in [0.1, 0.15) is 23.9 Å². The van der Waals surface area contributed by atoms with Gasteiger partial charge < -0.3 is 37.5 Å². The number of benzene rings is 2. The zero-order chi connectivity index (χ0) is 33.5. The van der Waals surface area contributed by atoms with E-state index < -0.39 is 60.2 Å². The molecule has 0 saturated carbocycles. The van der Waals surface area contributed by atoms with Gasteiger partial charge in [-0.1, -0.05) is 63.2 Å². The Morgan fingerprint density at radius 3 is 1.96 bits per heavy atom. The molecular weight excluding hydrogens is 580 g/mol. The smallest absolute Gasteiger partial charge is 0.310 e. The van der Waals surface area contributed by atoms with E-state index in [1.54, 1.807) is 55.5 Å². The Kier molecular flexibility index (Phi) is 14.7. The zero-order valence-electron chi connectivity index (χ0n) is 26.1. The van der Waals surface area contributed by atoms with Crippen molar-refractivity contribution in [2.75, 3.05) is 6.54 Å². The number of hydrogen-bond acceptors (Lipinski definition) is 8. The van der Waals surface area contributed by atoms with Crippen LogP contribution >= 0.6 is 0 Å². The number of amides is 5.